The van der Waals surface area contributed by atoms with Crippen LogP contribution in [0, 0.1) is 0 Å². The molecule has 0 spiro atoms. The molecule has 0 atom stereocenters. The summed E-state index contributed by atoms with van der Waals surface area (Å²) in [4.78, 5) is 2.17. The first kappa shape index (κ1) is 14.7. The average Bonchev–Trinajstić information content (AvgIpc) is 2.38. The van der Waals surface area contributed by atoms with E-state index in [1.807, 2.05) is 6.92 Å². The summed E-state index contributed by atoms with van der Waals surface area (Å²) < 4.78 is 10.6. The molecule has 1 aliphatic rings. The van der Waals surface area contributed by atoms with Crippen molar-refractivity contribution in [3.05, 3.63) is 0 Å². The van der Waals surface area contributed by atoms with Crippen LogP contribution in [0.1, 0.15) is 26.2 Å². The molecule has 0 radical (unpaired) electrons. The molecule has 1 aliphatic heterocycles. The molecule has 5 heteroatoms. The Morgan fingerprint density at radius 3 is 2.82 bits per heavy atom. The molecule has 0 aromatic heterocycles. The van der Waals surface area contributed by atoms with Gasteiger partial charge >= 0.3 is 0 Å². The Bertz CT molecular complexity index is 221. The second kappa shape index (κ2) is 8.66. The number of ether oxygens (including phenoxy) is 2. The summed E-state index contributed by atoms with van der Waals surface area (Å²) in [5.74, 6) is 0. The van der Waals surface area contributed by atoms with Crippen molar-refractivity contribution in [2.75, 3.05) is 40.0 Å². The Morgan fingerprint density at radius 1 is 1.47 bits per heavy atom. The van der Waals surface area contributed by atoms with Gasteiger partial charge in [0.1, 0.15) is 0 Å². The number of hydrogen-bond donors (Lipinski definition) is 1. The molecule has 4 nitrogen and oxygen atoms in total. The Kier molecular flexibility index (Phi) is 7.48. The van der Waals surface area contributed by atoms with Crippen LogP contribution in [0.5, 0.6) is 0 Å². The van der Waals surface area contributed by atoms with Gasteiger partial charge in [0.05, 0.1) is 0 Å². The van der Waals surface area contributed by atoms with Crippen molar-refractivity contribution in [2.45, 2.75) is 32.2 Å². The van der Waals surface area contributed by atoms with Gasteiger partial charge in [0, 0.05) is 46.1 Å². The molecule has 1 fully saturated rings. The van der Waals surface area contributed by atoms with E-state index >= 15 is 0 Å². The highest BCUT2D eigenvalue weighted by molar-refractivity contribution is 7.80. The number of hydrogen-bond acceptors (Lipinski definition) is 3. The molecule has 0 aromatic carbocycles. The molecule has 0 unspecified atom stereocenters. The predicted molar refractivity (Wildman–Crippen MR) is 73.3 cm³/mol. The third kappa shape index (κ3) is 5.66. The molecule has 17 heavy (non-hydrogen) atoms. The highest BCUT2D eigenvalue weighted by atomic mass is 32.1. The second-order valence-corrected chi connectivity index (χ2v) is 4.62. The Labute approximate surface area is 110 Å². The van der Waals surface area contributed by atoms with Gasteiger partial charge in [-0.1, -0.05) is 0 Å². The average molecular weight is 260 g/mol. The standard InChI is InChI=1S/C12H24N2O2S/c1-3-15-8-4-7-13-12(17)14(2)11-5-9-16-10-6-11/h11H,3-10H2,1-2H3,(H,13,17). The van der Waals surface area contributed by atoms with E-state index in [2.05, 4.69) is 17.3 Å². The summed E-state index contributed by atoms with van der Waals surface area (Å²) >= 11 is 5.37. The zero-order valence-electron chi connectivity index (χ0n) is 10.9. The summed E-state index contributed by atoms with van der Waals surface area (Å²) in [5.41, 5.74) is 0. The van der Waals surface area contributed by atoms with E-state index in [0.29, 0.717) is 6.04 Å². The first-order valence-corrected chi connectivity index (χ1v) is 6.82. The fourth-order valence-corrected chi connectivity index (χ4v) is 2.13. The molecule has 0 aliphatic carbocycles. The molecular formula is C12H24N2O2S. The van der Waals surface area contributed by atoms with Crippen molar-refractivity contribution in [1.82, 2.24) is 10.2 Å². The van der Waals surface area contributed by atoms with Crippen LogP contribution >= 0.6 is 12.2 Å². The van der Waals surface area contributed by atoms with Crippen molar-refractivity contribution in [2.24, 2.45) is 0 Å². The van der Waals surface area contributed by atoms with Crippen molar-refractivity contribution in [3.63, 3.8) is 0 Å². The maximum atomic E-state index is 5.37. The largest absolute Gasteiger partial charge is 0.382 e. The van der Waals surface area contributed by atoms with Crippen molar-refractivity contribution in [3.8, 4) is 0 Å². The molecule has 0 amide bonds. The minimum Gasteiger partial charge on any atom is -0.382 e. The zero-order chi connectivity index (χ0) is 12.5. The van der Waals surface area contributed by atoms with Gasteiger partial charge in [0.15, 0.2) is 5.11 Å². The summed E-state index contributed by atoms with van der Waals surface area (Å²) in [5, 5.41) is 4.12. The molecule has 0 aromatic rings. The van der Waals surface area contributed by atoms with E-state index in [9.17, 15) is 0 Å². The van der Waals surface area contributed by atoms with Crippen molar-refractivity contribution >= 4 is 17.3 Å². The van der Waals surface area contributed by atoms with Crippen LogP contribution in [0.25, 0.3) is 0 Å². The van der Waals surface area contributed by atoms with Crippen LogP contribution in [-0.4, -0.2) is 56.1 Å². The van der Waals surface area contributed by atoms with Gasteiger partial charge in [0.2, 0.25) is 0 Å². The highest BCUT2D eigenvalue weighted by Crippen LogP contribution is 2.12. The van der Waals surface area contributed by atoms with Crippen LogP contribution in [0.2, 0.25) is 0 Å². The first-order valence-electron chi connectivity index (χ1n) is 6.42. The monoisotopic (exact) mass is 260 g/mol. The van der Waals surface area contributed by atoms with Crippen LogP contribution < -0.4 is 5.32 Å². The van der Waals surface area contributed by atoms with E-state index < -0.39 is 0 Å². The van der Waals surface area contributed by atoms with Crippen LogP contribution in [0.3, 0.4) is 0 Å². The number of thiocarbonyl (C=S) groups is 1. The van der Waals surface area contributed by atoms with E-state index in [1.165, 1.54) is 0 Å². The number of rotatable bonds is 6. The number of nitrogens with zero attached hydrogens (tertiary/aromatic N) is 1. The topological polar surface area (TPSA) is 33.7 Å². The number of nitrogens with one attached hydrogen (secondary N) is 1. The Balaban J connectivity index is 2.13. The molecular weight excluding hydrogens is 236 g/mol. The van der Waals surface area contributed by atoms with Gasteiger partial charge in [-0.2, -0.15) is 0 Å². The summed E-state index contributed by atoms with van der Waals surface area (Å²) in [7, 11) is 2.06. The lowest BCUT2D eigenvalue weighted by atomic mass is 10.1. The molecule has 1 rings (SSSR count). The van der Waals surface area contributed by atoms with E-state index in [1.54, 1.807) is 0 Å². The first-order chi connectivity index (χ1) is 8.25. The SMILES string of the molecule is CCOCCCNC(=S)N(C)C1CCOCC1. The minimum atomic E-state index is 0.524. The minimum absolute atomic E-state index is 0.524. The fraction of sp³-hybridized carbons (Fsp3) is 0.917. The lowest BCUT2D eigenvalue weighted by molar-refractivity contribution is 0.0603. The van der Waals surface area contributed by atoms with Crippen LogP contribution in [0.15, 0.2) is 0 Å². The van der Waals surface area contributed by atoms with Crippen LogP contribution in [-0.2, 0) is 9.47 Å². The van der Waals surface area contributed by atoms with Gasteiger partial charge in [0.25, 0.3) is 0 Å². The van der Waals surface area contributed by atoms with Gasteiger partial charge in [-0.3, -0.25) is 0 Å². The Morgan fingerprint density at radius 2 is 2.18 bits per heavy atom. The van der Waals surface area contributed by atoms with Gasteiger partial charge in [-0.05, 0) is 38.4 Å². The third-order valence-corrected chi connectivity index (χ3v) is 3.44. The maximum absolute atomic E-state index is 5.37. The Hall–Kier alpha value is -0.390. The molecule has 1 saturated heterocycles. The van der Waals surface area contributed by atoms with Crippen molar-refractivity contribution < 1.29 is 9.47 Å². The lowest BCUT2D eigenvalue weighted by Gasteiger charge is -2.33. The van der Waals surface area contributed by atoms with Crippen LogP contribution in [0.4, 0.5) is 0 Å². The molecule has 100 valence electrons. The van der Waals surface area contributed by atoms with Gasteiger partial charge in [-0.25, -0.2) is 0 Å². The van der Waals surface area contributed by atoms with E-state index in [0.717, 1.165) is 57.3 Å². The molecule has 0 bridgehead atoms. The fourth-order valence-electron chi connectivity index (χ4n) is 1.88. The van der Waals surface area contributed by atoms with Gasteiger partial charge in [-0.15, -0.1) is 0 Å². The van der Waals surface area contributed by atoms with Crippen molar-refractivity contribution in [1.29, 1.82) is 0 Å². The predicted octanol–water partition coefficient (Wildman–Crippen LogP) is 1.40. The maximum Gasteiger partial charge on any atom is 0.168 e. The van der Waals surface area contributed by atoms with E-state index in [-0.39, 0.29) is 0 Å². The quantitative estimate of drug-likeness (QED) is 0.577. The lowest BCUT2D eigenvalue weighted by Crippen LogP contribution is -2.45. The molecule has 0 saturated carbocycles. The molecule has 1 heterocycles. The van der Waals surface area contributed by atoms with E-state index in [4.69, 9.17) is 21.7 Å². The molecule has 1 N–H and O–H groups in total. The van der Waals surface area contributed by atoms with Gasteiger partial charge < -0.3 is 19.7 Å². The normalized spacial score (nSPS) is 16.8. The zero-order valence-corrected chi connectivity index (χ0v) is 11.7. The second-order valence-electron chi connectivity index (χ2n) is 4.24. The summed E-state index contributed by atoms with van der Waals surface area (Å²) in [6.07, 6.45) is 3.13. The summed E-state index contributed by atoms with van der Waals surface area (Å²) in [6, 6.07) is 0.524. The third-order valence-electron chi connectivity index (χ3n) is 3.00. The smallest absolute Gasteiger partial charge is 0.168 e. The highest BCUT2D eigenvalue weighted by Gasteiger charge is 2.19. The summed E-state index contributed by atoms with van der Waals surface area (Å²) in [6.45, 7) is 6.17.